The summed E-state index contributed by atoms with van der Waals surface area (Å²) in [5.74, 6) is 2.63. The molecule has 4 fully saturated rings. The summed E-state index contributed by atoms with van der Waals surface area (Å²) in [6.07, 6.45) is 9.23. The Bertz CT molecular complexity index is 856. The van der Waals surface area contributed by atoms with Crippen LogP contribution in [0.2, 0.25) is 0 Å². The Labute approximate surface area is 181 Å². The van der Waals surface area contributed by atoms with Crippen molar-refractivity contribution < 1.29 is 13.2 Å². The first-order valence-electron chi connectivity index (χ1n) is 11.4. The van der Waals surface area contributed by atoms with E-state index in [1.807, 2.05) is 32.9 Å². The van der Waals surface area contributed by atoms with Crippen LogP contribution in [0.4, 0.5) is 5.69 Å². The highest BCUT2D eigenvalue weighted by molar-refractivity contribution is 7.92. The molecule has 4 saturated carbocycles. The number of carbonyl (C=O) groups excluding carboxylic acids is 1. The number of nitrogens with zero attached hydrogens (tertiary/aromatic N) is 1. The van der Waals surface area contributed by atoms with Crippen LogP contribution in [0.25, 0.3) is 0 Å². The monoisotopic (exact) mass is 432 g/mol. The third-order valence-corrected chi connectivity index (χ3v) is 9.02. The van der Waals surface area contributed by atoms with Crippen LogP contribution in [-0.4, -0.2) is 33.2 Å². The fourth-order valence-electron chi connectivity index (χ4n) is 6.44. The van der Waals surface area contributed by atoms with Crippen molar-refractivity contribution in [1.82, 2.24) is 5.32 Å². The van der Waals surface area contributed by atoms with Gasteiger partial charge in [-0.05, 0) is 92.2 Å². The van der Waals surface area contributed by atoms with E-state index in [0.29, 0.717) is 11.6 Å². The summed E-state index contributed by atoms with van der Waals surface area (Å²) in [5.41, 5.74) is 2.21. The molecule has 1 aromatic rings. The number of benzene rings is 1. The van der Waals surface area contributed by atoms with Gasteiger partial charge in [0.1, 0.15) is 6.54 Å². The molecule has 4 bridgehead atoms. The van der Waals surface area contributed by atoms with E-state index >= 15 is 0 Å². The lowest BCUT2D eigenvalue weighted by molar-refractivity contribution is -0.120. The molecule has 0 saturated heterocycles. The van der Waals surface area contributed by atoms with E-state index in [9.17, 15) is 13.2 Å². The zero-order valence-electron chi connectivity index (χ0n) is 18.7. The highest BCUT2D eigenvalue weighted by Gasteiger charge is 2.51. The molecule has 0 heterocycles. The van der Waals surface area contributed by atoms with E-state index < -0.39 is 10.0 Å². The summed E-state index contributed by atoms with van der Waals surface area (Å²) in [5, 5.41) is 2.91. The minimum Gasteiger partial charge on any atom is -0.352 e. The van der Waals surface area contributed by atoms with Crippen LogP contribution in [0, 0.1) is 23.7 Å². The lowest BCUT2D eigenvalue weighted by atomic mass is 9.48. The highest BCUT2D eigenvalue weighted by atomic mass is 32.2. The van der Waals surface area contributed by atoms with Crippen LogP contribution >= 0.6 is 0 Å². The smallest absolute Gasteiger partial charge is 0.240 e. The van der Waals surface area contributed by atoms with Gasteiger partial charge in [0, 0.05) is 6.04 Å². The van der Waals surface area contributed by atoms with Gasteiger partial charge in [-0.3, -0.25) is 9.10 Å². The zero-order valence-corrected chi connectivity index (χ0v) is 19.5. The topological polar surface area (TPSA) is 66.5 Å². The number of anilines is 1. The molecule has 5 rings (SSSR count). The van der Waals surface area contributed by atoms with Gasteiger partial charge in [-0.15, -0.1) is 0 Å². The van der Waals surface area contributed by atoms with Gasteiger partial charge in [-0.1, -0.05) is 26.0 Å². The molecular weight excluding hydrogens is 396 g/mol. The first-order chi connectivity index (χ1) is 14.1. The Morgan fingerprint density at radius 2 is 1.53 bits per heavy atom. The van der Waals surface area contributed by atoms with Gasteiger partial charge < -0.3 is 5.32 Å². The number of sulfonamides is 1. The molecule has 4 aliphatic rings. The molecule has 1 aromatic carbocycles. The normalized spacial score (nSPS) is 31.0. The van der Waals surface area contributed by atoms with Crippen molar-refractivity contribution in [2.24, 2.45) is 23.7 Å². The zero-order chi connectivity index (χ0) is 21.7. The molecule has 166 valence electrons. The van der Waals surface area contributed by atoms with Crippen LogP contribution in [0.1, 0.15) is 64.9 Å². The quantitative estimate of drug-likeness (QED) is 0.706. The second kappa shape index (κ2) is 7.85. The lowest BCUT2D eigenvalue weighted by Crippen LogP contribution is -2.48. The minimum absolute atomic E-state index is 0.00244. The largest absolute Gasteiger partial charge is 0.352 e. The summed E-state index contributed by atoms with van der Waals surface area (Å²) in [6.45, 7) is 5.81. The van der Waals surface area contributed by atoms with Crippen LogP contribution in [0.3, 0.4) is 0 Å². The third kappa shape index (κ3) is 4.25. The predicted octanol–water partition coefficient (Wildman–Crippen LogP) is 4.08. The molecular formula is C24H36N2O3S. The third-order valence-electron chi connectivity index (χ3n) is 7.88. The maximum atomic E-state index is 12.5. The number of hydrogen-bond donors (Lipinski definition) is 1. The average molecular weight is 433 g/mol. The Hall–Kier alpha value is -1.56. The van der Waals surface area contributed by atoms with Crippen LogP contribution < -0.4 is 9.62 Å². The van der Waals surface area contributed by atoms with Crippen molar-refractivity contribution in [1.29, 1.82) is 0 Å². The molecule has 0 radical (unpaired) electrons. The van der Waals surface area contributed by atoms with Gasteiger partial charge in [0.15, 0.2) is 0 Å². The summed E-state index contributed by atoms with van der Waals surface area (Å²) in [6, 6.07) is 8.03. The van der Waals surface area contributed by atoms with Crippen molar-refractivity contribution >= 4 is 21.6 Å². The molecule has 30 heavy (non-hydrogen) atoms. The maximum Gasteiger partial charge on any atom is 0.240 e. The van der Waals surface area contributed by atoms with Crippen LogP contribution in [0.15, 0.2) is 24.3 Å². The number of nitrogens with one attached hydrogen (secondary N) is 1. The van der Waals surface area contributed by atoms with Crippen molar-refractivity contribution in [3.8, 4) is 0 Å². The first-order valence-corrected chi connectivity index (χ1v) is 13.3. The van der Waals surface area contributed by atoms with E-state index in [1.54, 1.807) is 0 Å². The lowest BCUT2D eigenvalue weighted by Gasteiger charge is -2.57. The molecule has 1 N–H and O–H groups in total. The van der Waals surface area contributed by atoms with Crippen molar-refractivity contribution in [2.75, 3.05) is 17.1 Å². The van der Waals surface area contributed by atoms with Crippen molar-refractivity contribution in [2.45, 2.75) is 70.8 Å². The van der Waals surface area contributed by atoms with Crippen molar-refractivity contribution in [3.63, 3.8) is 0 Å². The fourth-order valence-corrected chi connectivity index (χ4v) is 7.30. The Balaban J connectivity index is 1.53. The van der Waals surface area contributed by atoms with Crippen LogP contribution in [0.5, 0.6) is 0 Å². The summed E-state index contributed by atoms with van der Waals surface area (Å²) < 4.78 is 26.1. The number of hydrogen-bond acceptors (Lipinski definition) is 3. The number of carbonyl (C=O) groups is 1. The average Bonchev–Trinajstić information content (AvgIpc) is 2.64. The standard InChI is InChI=1S/C24H36N2O3S/c1-16(2)17(3)25-23(27)15-26(30(4,28)29)22-7-5-21(6-8-22)24-12-18-9-19(13-24)11-20(10-18)14-24/h5-8,16-20H,9-15H2,1-4H3,(H,25,27)/t17-,18?,19?,20?,24?/m1/s1. The molecule has 5 nitrogen and oxygen atoms in total. The molecule has 0 unspecified atom stereocenters. The van der Waals surface area contributed by atoms with Gasteiger partial charge in [0.05, 0.1) is 11.9 Å². The summed E-state index contributed by atoms with van der Waals surface area (Å²) >= 11 is 0. The Morgan fingerprint density at radius 1 is 1.03 bits per heavy atom. The van der Waals surface area contributed by atoms with Gasteiger partial charge in [0.2, 0.25) is 15.9 Å². The van der Waals surface area contributed by atoms with Gasteiger partial charge in [0.25, 0.3) is 0 Å². The maximum absolute atomic E-state index is 12.5. The highest BCUT2D eigenvalue weighted by Crippen LogP contribution is 2.60. The number of amides is 1. The molecule has 4 aliphatic carbocycles. The number of rotatable bonds is 7. The first kappa shape index (κ1) is 21.7. The molecule has 0 spiro atoms. The van der Waals surface area contributed by atoms with Gasteiger partial charge in [-0.2, -0.15) is 0 Å². The SMILES string of the molecule is CC(C)[C@@H](C)NC(=O)CN(c1ccc(C23CC4CC(CC(C4)C2)C3)cc1)S(C)(=O)=O. The van der Waals surface area contributed by atoms with E-state index in [4.69, 9.17) is 0 Å². The fraction of sp³-hybridized carbons (Fsp3) is 0.708. The molecule has 0 aromatic heterocycles. The molecule has 1 amide bonds. The second-order valence-electron chi connectivity index (χ2n) is 10.6. The summed E-state index contributed by atoms with van der Waals surface area (Å²) in [4.78, 5) is 12.5. The second-order valence-corrected chi connectivity index (χ2v) is 12.5. The van der Waals surface area contributed by atoms with E-state index in [0.717, 1.165) is 17.8 Å². The van der Waals surface area contributed by atoms with Gasteiger partial charge in [-0.25, -0.2) is 8.42 Å². The minimum atomic E-state index is -3.55. The Morgan fingerprint density at radius 3 is 1.97 bits per heavy atom. The van der Waals surface area contributed by atoms with E-state index in [2.05, 4.69) is 17.4 Å². The van der Waals surface area contributed by atoms with Crippen LogP contribution in [-0.2, 0) is 20.2 Å². The summed E-state index contributed by atoms with van der Waals surface area (Å²) in [7, 11) is -3.55. The molecule has 6 heteroatoms. The Kier molecular flexibility index (Phi) is 5.67. The van der Waals surface area contributed by atoms with Gasteiger partial charge >= 0.3 is 0 Å². The predicted molar refractivity (Wildman–Crippen MR) is 121 cm³/mol. The van der Waals surface area contributed by atoms with E-state index in [-0.39, 0.29) is 23.9 Å². The van der Waals surface area contributed by atoms with E-state index in [1.165, 1.54) is 54.6 Å². The van der Waals surface area contributed by atoms with Crippen molar-refractivity contribution in [3.05, 3.63) is 29.8 Å². The molecule has 0 aliphatic heterocycles. The molecule has 1 atom stereocenters.